The SMILES string of the molecule is C=CS(C)(N1CCCCC1)N1CCCCC1. The first-order valence-electron chi connectivity index (χ1n) is 6.68. The minimum Gasteiger partial charge on any atom is -0.253 e. The molecule has 2 aliphatic rings. The Morgan fingerprint density at radius 2 is 1.19 bits per heavy atom. The molecule has 2 saturated heterocycles. The van der Waals surface area contributed by atoms with Gasteiger partial charge >= 0.3 is 0 Å². The minimum atomic E-state index is -0.850. The Hall–Kier alpha value is 0.01000. The van der Waals surface area contributed by atoms with Crippen LogP contribution in [0.5, 0.6) is 0 Å². The molecule has 2 nitrogen and oxygen atoms in total. The van der Waals surface area contributed by atoms with Crippen molar-refractivity contribution in [2.24, 2.45) is 0 Å². The Morgan fingerprint density at radius 3 is 1.50 bits per heavy atom. The summed E-state index contributed by atoms with van der Waals surface area (Å²) in [6.07, 6.45) is 10.8. The highest BCUT2D eigenvalue weighted by atomic mass is 32.3. The van der Waals surface area contributed by atoms with Crippen LogP contribution in [0.15, 0.2) is 12.0 Å². The highest BCUT2D eigenvalue weighted by molar-refractivity contribution is 8.31. The van der Waals surface area contributed by atoms with Gasteiger partial charge in [0.15, 0.2) is 0 Å². The third kappa shape index (κ3) is 2.47. The maximum atomic E-state index is 4.14. The van der Waals surface area contributed by atoms with Crippen molar-refractivity contribution >= 4 is 10.4 Å². The van der Waals surface area contributed by atoms with E-state index in [1.165, 1.54) is 64.7 Å². The molecule has 2 rings (SSSR count). The van der Waals surface area contributed by atoms with Crippen LogP contribution < -0.4 is 0 Å². The van der Waals surface area contributed by atoms with Gasteiger partial charge in [-0.3, -0.25) is 8.61 Å². The zero-order chi connectivity index (χ0) is 11.4. The topological polar surface area (TPSA) is 6.48 Å². The van der Waals surface area contributed by atoms with Crippen LogP contribution in [-0.4, -0.2) is 41.0 Å². The minimum absolute atomic E-state index is 0.850. The van der Waals surface area contributed by atoms with Crippen molar-refractivity contribution < 1.29 is 0 Å². The van der Waals surface area contributed by atoms with Gasteiger partial charge in [-0.1, -0.05) is 19.4 Å². The van der Waals surface area contributed by atoms with Gasteiger partial charge in [0.2, 0.25) is 0 Å². The number of hydrogen-bond donors (Lipinski definition) is 0. The third-order valence-electron chi connectivity index (χ3n) is 3.99. The van der Waals surface area contributed by atoms with E-state index in [-0.39, 0.29) is 0 Å². The molecule has 0 unspecified atom stereocenters. The van der Waals surface area contributed by atoms with Crippen LogP contribution in [-0.2, 0) is 0 Å². The highest BCUT2D eigenvalue weighted by Crippen LogP contribution is 2.54. The summed E-state index contributed by atoms with van der Waals surface area (Å²) in [5, 5.41) is 2.25. The normalized spacial score (nSPS) is 26.6. The van der Waals surface area contributed by atoms with E-state index >= 15 is 0 Å². The first-order valence-corrected chi connectivity index (χ1v) is 8.70. The summed E-state index contributed by atoms with van der Waals surface area (Å²) in [5.74, 6) is 0. The van der Waals surface area contributed by atoms with E-state index in [0.717, 1.165) is 0 Å². The fraction of sp³-hybridized carbons (Fsp3) is 0.846. The molecule has 16 heavy (non-hydrogen) atoms. The van der Waals surface area contributed by atoms with Crippen molar-refractivity contribution in [3.63, 3.8) is 0 Å². The van der Waals surface area contributed by atoms with Crippen molar-refractivity contribution in [3.05, 3.63) is 12.0 Å². The number of nitrogens with zero attached hydrogens (tertiary/aromatic N) is 2. The fourth-order valence-corrected chi connectivity index (χ4v) is 5.59. The second kappa shape index (κ2) is 5.56. The molecule has 2 heterocycles. The summed E-state index contributed by atoms with van der Waals surface area (Å²) in [6.45, 7) is 9.28. The summed E-state index contributed by atoms with van der Waals surface area (Å²) in [6, 6.07) is 0. The van der Waals surface area contributed by atoms with Crippen LogP contribution in [0.1, 0.15) is 38.5 Å². The molecule has 0 atom stereocenters. The molecule has 0 bridgehead atoms. The van der Waals surface area contributed by atoms with Crippen LogP contribution in [0.4, 0.5) is 0 Å². The molecule has 0 aromatic heterocycles. The maximum Gasteiger partial charge on any atom is 0.00882 e. The van der Waals surface area contributed by atoms with Gasteiger partial charge in [-0.05, 0) is 37.3 Å². The molecule has 0 aliphatic carbocycles. The summed E-state index contributed by atoms with van der Waals surface area (Å²) >= 11 is 0. The van der Waals surface area contributed by atoms with E-state index in [1.807, 2.05) is 0 Å². The first-order chi connectivity index (χ1) is 7.77. The second-order valence-corrected chi connectivity index (χ2v) is 8.19. The molecule has 0 aromatic rings. The smallest absolute Gasteiger partial charge is 0.00882 e. The molecule has 0 amide bonds. The molecule has 0 N–H and O–H groups in total. The van der Waals surface area contributed by atoms with Gasteiger partial charge in [-0.2, -0.15) is 0 Å². The van der Waals surface area contributed by atoms with E-state index in [0.29, 0.717) is 0 Å². The quantitative estimate of drug-likeness (QED) is 0.749. The number of piperidine rings is 2. The van der Waals surface area contributed by atoms with Crippen LogP contribution in [0.25, 0.3) is 0 Å². The molecule has 94 valence electrons. The lowest BCUT2D eigenvalue weighted by Crippen LogP contribution is -2.43. The Balaban J connectivity index is 2.06. The second-order valence-electron chi connectivity index (χ2n) is 5.04. The third-order valence-corrected chi connectivity index (χ3v) is 7.44. The van der Waals surface area contributed by atoms with Crippen LogP contribution >= 0.6 is 10.4 Å². The van der Waals surface area contributed by atoms with E-state index < -0.39 is 10.4 Å². The monoisotopic (exact) mass is 242 g/mol. The van der Waals surface area contributed by atoms with Gasteiger partial charge in [0.05, 0.1) is 0 Å². The van der Waals surface area contributed by atoms with E-state index in [2.05, 4.69) is 26.9 Å². The predicted molar refractivity (Wildman–Crippen MR) is 74.6 cm³/mol. The lowest BCUT2D eigenvalue weighted by Gasteiger charge is -2.53. The number of rotatable bonds is 3. The van der Waals surface area contributed by atoms with Crippen molar-refractivity contribution in [3.8, 4) is 0 Å². The predicted octanol–water partition coefficient (Wildman–Crippen LogP) is 3.37. The average Bonchev–Trinajstić information content (AvgIpc) is 2.40. The lowest BCUT2D eigenvalue weighted by atomic mass is 10.2. The van der Waals surface area contributed by atoms with Crippen molar-refractivity contribution in [2.45, 2.75) is 38.5 Å². The Kier molecular flexibility index (Phi) is 4.34. The molecule has 3 heteroatoms. The summed E-state index contributed by atoms with van der Waals surface area (Å²) in [5.41, 5.74) is 0. The van der Waals surface area contributed by atoms with Gasteiger partial charge < -0.3 is 0 Å². The van der Waals surface area contributed by atoms with Crippen molar-refractivity contribution in [1.82, 2.24) is 8.61 Å². The lowest BCUT2D eigenvalue weighted by molar-refractivity contribution is 0.319. The maximum absolute atomic E-state index is 4.14. The Labute approximate surface area is 102 Å². The number of hydrogen-bond acceptors (Lipinski definition) is 2. The van der Waals surface area contributed by atoms with Gasteiger partial charge in [-0.15, -0.1) is 10.4 Å². The first kappa shape index (κ1) is 12.5. The summed E-state index contributed by atoms with van der Waals surface area (Å²) in [4.78, 5) is 0. The molecular weight excluding hydrogens is 216 g/mol. The summed E-state index contributed by atoms with van der Waals surface area (Å²) in [7, 11) is -0.850. The molecule has 0 saturated carbocycles. The molecule has 2 fully saturated rings. The Bertz CT molecular complexity index is 212. The van der Waals surface area contributed by atoms with Gasteiger partial charge in [0.25, 0.3) is 0 Å². The van der Waals surface area contributed by atoms with Gasteiger partial charge in [0, 0.05) is 26.2 Å². The van der Waals surface area contributed by atoms with Gasteiger partial charge in [-0.25, -0.2) is 0 Å². The molecule has 2 aliphatic heterocycles. The van der Waals surface area contributed by atoms with E-state index in [4.69, 9.17) is 0 Å². The standard InChI is InChI=1S/C13H26N2S/c1-3-16(2,14-10-6-4-7-11-14)15-12-8-5-9-13-15/h3H,1,4-13H2,2H3. The van der Waals surface area contributed by atoms with Crippen LogP contribution in [0, 0.1) is 0 Å². The Morgan fingerprint density at radius 1 is 0.812 bits per heavy atom. The van der Waals surface area contributed by atoms with Crippen LogP contribution in [0.3, 0.4) is 0 Å². The van der Waals surface area contributed by atoms with Crippen LogP contribution in [0.2, 0.25) is 0 Å². The zero-order valence-corrected chi connectivity index (χ0v) is 11.5. The molecule has 0 spiro atoms. The zero-order valence-electron chi connectivity index (χ0n) is 10.7. The van der Waals surface area contributed by atoms with Crippen molar-refractivity contribution in [1.29, 1.82) is 0 Å². The van der Waals surface area contributed by atoms with E-state index in [1.54, 1.807) is 0 Å². The highest BCUT2D eigenvalue weighted by Gasteiger charge is 2.31. The largest absolute Gasteiger partial charge is 0.253 e. The van der Waals surface area contributed by atoms with Gasteiger partial charge in [0.1, 0.15) is 0 Å². The molecule has 0 aromatic carbocycles. The summed E-state index contributed by atoms with van der Waals surface area (Å²) < 4.78 is 5.43. The molecule has 0 radical (unpaired) electrons. The molecular formula is C13H26N2S. The average molecular weight is 242 g/mol. The van der Waals surface area contributed by atoms with E-state index in [9.17, 15) is 0 Å². The fourth-order valence-electron chi connectivity index (χ4n) is 2.84. The van der Waals surface area contributed by atoms with Crippen molar-refractivity contribution in [2.75, 3.05) is 32.4 Å².